The highest BCUT2D eigenvalue weighted by atomic mass is 32.1. The number of rotatable bonds is 3. The Kier molecular flexibility index (Phi) is 3.32. The molecule has 2 aliphatic rings. The summed E-state index contributed by atoms with van der Waals surface area (Å²) in [4.78, 5) is 8.18. The zero-order valence-electron chi connectivity index (χ0n) is 12.1. The lowest BCUT2D eigenvalue weighted by atomic mass is 9.90. The molecule has 0 aromatic carbocycles. The number of thiophene rings is 1. The van der Waals surface area contributed by atoms with Gasteiger partial charge < -0.3 is 15.2 Å². The van der Waals surface area contributed by atoms with Gasteiger partial charge in [-0.2, -0.15) is 4.98 Å². The van der Waals surface area contributed by atoms with E-state index in [-0.39, 0.29) is 6.04 Å². The van der Waals surface area contributed by atoms with E-state index in [0.717, 1.165) is 23.5 Å². The van der Waals surface area contributed by atoms with Crippen molar-refractivity contribution in [3.63, 3.8) is 0 Å². The van der Waals surface area contributed by atoms with E-state index < -0.39 is 0 Å². The van der Waals surface area contributed by atoms with E-state index in [4.69, 9.17) is 10.3 Å². The van der Waals surface area contributed by atoms with Crippen LogP contribution >= 0.6 is 11.3 Å². The lowest BCUT2D eigenvalue weighted by Crippen LogP contribution is -2.39. The van der Waals surface area contributed by atoms with Crippen molar-refractivity contribution < 1.29 is 4.52 Å². The second kappa shape index (κ2) is 5.19. The Morgan fingerprint density at radius 2 is 2.14 bits per heavy atom. The van der Waals surface area contributed by atoms with Gasteiger partial charge in [-0.25, -0.2) is 0 Å². The largest absolute Gasteiger partial charge is 0.337 e. The maximum Gasteiger partial charge on any atom is 0.248 e. The van der Waals surface area contributed by atoms with Crippen LogP contribution in [0.4, 0.5) is 0 Å². The summed E-state index contributed by atoms with van der Waals surface area (Å²) in [6.45, 7) is 0. The van der Waals surface area contributed by atoms with E-state index >= 15 is 0 Å². The smallest absolute Gasteiger partial charge is 0.248 e. The standard InChI is InChI=1S/C15H20N4OS/c1-19-10-4-5-11(19)8-9(7-10)14-17-15(20-18-14)13(16)12-3-2-6-21-12/h2-3,6,9-11,13H,4-5,7-8,16H2,1H3. The zero-order chi connectivity index (χ0) is 14.4. The molecule has 3 atom stereocenters. The second-order valence-electron chi connectivity index (χ2n) is 6.20. The van der Waals surface area contributed by atoms with Gasteiger partial charge in [0.1, 0.15) is 6.04 Å². The van der Waals surface area contributed by atoms with Gasteiger partial charge in [-0.1, -0.05) is 11.2 Å². The first-order valence-corrected chi connectivity index (χ1v) is 8.44. The molecule has 2 bridgehead atoms. The first-order valence-electron chi connectivity index (χ1n) is 7.57. The highest BCUT2D eigenvalue weighted by molar-refractivity contribution is 7.10. The molecular weight excluding hydrogens is 284 g/mol. The van der Waals surface area contributed by atoms with E-state index in [1.165, 1.54) is 12.8 Å². The molecule has 2 fully saturated rings. The van der Waals surface area contributed by atoms with Gasteiger partial charge in [-0.05, 0) is 44.2 Å². The molecule has 2 aromatic heterocycles. The Hall–Kier alpha value is -1.24. The molecule has 2 aromatic rings. The molecule has 0 aliphatic carbocycles. The third kappa shape index (κ3) is 2.31. The van der Waals surface area contributed by atoms with Gasteiger partial charge in [0.05, 0.1) is 0 Å². The fourth-order valence-electron chi connectivity index (χ4n) is 3.75. The van der Waals surface area contributed by atoms with Crippen LogP contribution in [0.15, 0.2) is 22.0 Å². The van der Waals surface area contributed by atoms with Crippen LogP contribution in [-0.4, -0.2) is 34.2 Å². The highest BCUT2D eigenvalue weighted by Crippen LogP contribution is 2.41. The van der Waals surface area contributed by atoms with E-state index in [9.17, 15) is 0 Å². The molecule has 112 valence electrons. The minimum Gasteiger partial charge on any atom is -0.337 e. The Labute approximate surface area is 128 Å². The minimum atomic E-state index is -0.297. The van der Waals surface area contributed by atoms with Gasteiger partial charge in [0.2, 0.25) is 5.89 Å². The third-order valence-electron chi connectivity index (χ3n) is 5.04. The van der Waals surface area contributed by atoms with Crippen LogP contribution in [-0.2, 0) is 0 Å². The van der Waals surface area contributed by atoms with Crippen molar-refractivity contribution in [2.24, 2.45) is 5.73 Å². The van der Waals surface area contributed by atoms with Crippen molar-refractivity contribution in [1.29, 1.82) is 0 Å². The summed E-state index contributed by atoms with van der Waals surface area (Å²) in [6.07, 6.45) is 4.88. The van der Waals surface area contributed by atoms with Gasteiger partial charge in [0.25, 0.3) is 0 Å². The number of aromatic nitrogens is 2. The fraction of sp³-hybridized carbons (Fsp3) is 0.600. The Bertz CT molecular complexity index is 597. The van der Waals surface area contributed by atoms with E-state index in [2.05, 4.69) is 22.1 Å². The minimum absolute atomic E-state index is 0.297. The van der Waals surface area contributed by atoms with Crippen LogP contribution in [0, 0.1) is 0 Å². The number of hydrogen-bond acceptors (Lipinski definition) is 6. The third-order valence-corrected chi connectivity index (χ3v) is 5.99. The summed E-state index contributed by atoms with van der Waals surface area (Å²) >= 11 is 1.62. The van der Waals surface area contributed by atoms with Crippen LogP contribution < -0.4 is 5.73 Å². The molecule has 0 spiro atoms. The van der Waals surface area contributed by atoms with Gasteiger partial charge in [0.15, 0.2) is 5.82 Å². The molecule has 0 saturated carbocycles. The molecule has 2 N–H and O–H groups in total. The molecule has 2 aliphatic heterocycles. The van der Waals surface area contributed by atoms with Crippen molar-refractivity contribution in [2.45, 2.75) is 49.7 Å². The highest BCUT2D eigenvalue weighted by Gasteiger charge is 2.40. The number of nitrogens with zero attached hydrogens (tertiary/aromatic N) is 3. The monoisotopic (exact) mass is 304 g/mol. The molecule has 0 radical (unpaired) electrons. The van der Waals surface area contributed by atoms with Crippen molar-refractivity contribution in [3.8, 4) is 0 Å². The van der Waals surface area contributed by atoms with E-state index in [1.807, 2.05) is 17.5 Å². The molecule has 6 heteroatoms. The van der Waals surface area contributed by atoms with Gasteiger partial charge in [-0.15, -0.1) is 11.3 Å². The SMILES string of the molecule is CN1C2CCC1CC(c1noc(C(N)c3cccs3)n1)C2. The molecular formula is C15H20N4OS. The molecule has 4 heterocycles. The topological polar surface area (TPSA) is 68.2 Å². The molecule has 4 rings (SSSR count). The van der Waals surface area contributed by atoms with Crippen LogP contribution in [0.25, 0.3) is 0 Å². The van der Waals surface area contributed by atoms with Crippen LogP contribution in [0.1, 0.15) is 54.2 Å². The van der Waals surface area contributed by atoms with Crippen molar-refractivity contribution in [2.75, 3.05) is 7.05 Å². The lowest BCUT2D eigenvalue weighted by Gasteiger charge is -2.34. The Morgan fingerprint density at radius 3 is 2.81 bits per heavy atom. The van der Waals surface area contributed by atoms with Crippen molar-refractivity contribution in [3.05, 3.63) is 34.1 Å². The van der Waals surface area contributed by atoms with Gasteiger partial charge in [-0.3, -0.25) is 0 Å². The zero-order valence-corrected chi connectivity index (χ0v) is 12.9. The number of piperidine rings is 1. The maximum atomic E-state index is 6.20. The first kappa shape index (κ1) is 13.4. The number of hydrogen-bond donors (Lipinski definition) is 1. The molecule has 3 unspecified atom stereocenters. The predicted molar refractivity (Wildman–Crippen MR) is 81.2 cm³/mol. The summed E-state index contributed by atoms with van der Waals surface area (Å²) in [6, 6.07) is 5.07. The molecule has 0 amide bonds. The number of fused-ring (bicyclic) bond motifs is 2. The summed E-state index contributed by atoms with van der Waals surface area (Å²) in [5.74, 6) is 1.81. The summed E-state index contributed by atoms with van der Waals surface area (Å²) in [7, 11) is 2.24. The average Bonchev–Trinajstić information content (AvgIpc) is 3.20. The normalized spacial score (nSPS) is 30.7. The maximum absolute atomic E-state index is 6.20. The van der Waals surface area contributed by atoms with Gasteiger partial charge in [0, 0.05) is 22.9 Å². The Balaban J connectivity index is 1.53. The molecule has 21 heavy (non-hydrogen) atoms. The van der Waals surface area contributed by atoms with E-state index in [0.29, 0.717) is 23.9 Å². The second-order valence-corrected chi connectivity index (χ2v) is 7.18. The van der Waals surface area contributed by atoms with Crippen LogP contribution in [0.3, 0.4) is 0 Å². The first-order chi connectivity index (χ1) is 10.2. The lowest BCUT2D eigenvalue weighted by molar-refractivity contribution is 0.157. The van der Waals surface area contributed by atoms with Crippen molar-refractivity contribution >= 4 is 11.3 Å². The summed E-state index contributed by atoms with van der Waals surface area (Å²) in [5.41, 5.74) is 6.20. The van der Waals surface area contributed by atoms with Gasteiger partial charge >= 0.3 is 0 Å². The summed E-state index contributed by atoms with van der Waals surface area (Å²) in [5, 5.41) is 6.23. The van der Waals surface area contributed by atoms with Crippen molar-refractivity contribution in [1.82, 2.24) is 15.0 Å². The molecule has 2 saturated heterocycles. The predicted octanol–water partition coefficient (Wildman–Crippen LogP) is 2.52. The Morgan fingerprint density at radius 1 is 1.38 bits per heavy atom. The quantitative estimate of drug-likeness (QED) is 0.943. The summed E-state index contributed by atoms with van der Waals surface area (Å²) < 4.78 is 5.43. The fourth-order valence-corrected chi connectivity index (χ4v) is 4.47. The van der Waals surface area contributed by atoms with Crippen LogP contribution in [0.5, 0.6) is 0 Å². The average molecular weight is 304 g/mol. The van der Waals surface area contributed by atoms with Crippen LogP contribution in [0.2, 0.25) is 0 Å². The molecule has 5 nitrogen and oxygen atoms in total. The van der Waals surface area contributed by atoms with E-state index in [1.54, 1.807) is 11.3 Å². The number of nitrogens with two attached hydrogens (primary N) is 1.